The van der Waals surface area contributed by atoms with Crippen LogP contribution in [0.25, 0.3) is 22.3 Å². The van der Waals surface area contributed by atoms with E-state index >= 15 is 0 Å². The fraction of sp³-hybridized carbons (Fsp3) is 0.100. The molecule has 0 fully saturated rings. The second-order valence-electron chi connectivity index (χ2n) is 6.41. The van der Waals surface area contributed by atoms with Crippen molar-refractivity contribution in [2.45, 2.75) is 13.1 Å². The van der Waals surface area contributed by atoms with Gasteiger partial charge < -0.3 is 0 Å². The molecule has 3 aromatic carbocycles. The monoisotopic (exact) mass is 320 g/mol. The quantitative estimate of drug-likeness (QED) is 0.564. The minimum Gasteiger partial charge on any atom is -0.0843 e. The molecule has 0 bridgehead atoms. The van der Waals surface area contributed by atoms with Gasteiger partial charge in [-0.2, -0.15) is 0 Å². The van der Waals surface area contributed by atoms with Gasteiger partial charge >= 0.3 is 0 Å². The lowest BCUT2D eigenvalue weighted by molar-refractivity contribution is 1.63. The molecule has 0 aromatic heterocycles. The lowest BCUT2D eigenvalue weighted by Crippen LogP contribution is -2.50. The maximum absolute atomic E-state index is 6.45. The molecule has 0 saturated heterocycles. The van der Waals surface area contributed by atoms with Crippen LogP contribution in [-0.4, -0.2) is 8.07 Å². The van der Waals surface area contributed by atoms with Crippen LogP contribution in [0.15, 0.2) is 66.7 Å². The minimum absolute atomic E-state index is 0.819. The third-order valence-corrected chi connectivity index (χ3v) is 8.49. The maximum atomic E-state index is 6.45. The van der Waals surface area contributed by atoms with Crippen molar-refractivity contribution >= 4 is 30.0 Å². The van der Waals surface area contributed by atoms with Crippen LogP contribution in [0.2, 0.25) is 18.1 Å². The Bertz CT molecular complexity index is 866. The Morgan fingerprint density at radius 3 is 2.14 bits per heavy atom. The normalized spacial score (nSPS) is 14.5. The van der Waals surface area contributed by atoms with Crippen molar-refractivity contribution in [3.63, 3.8) is 0 Å². The van der Waals surface area contributed by atoms with Gasteiger partial charge in [0.2, 0.25) is 0 Å². The Kier molecular flexibility index (Phi) is 3.03. The summed E-state index contributed by atoms with van der Waals surface area (Å²) in [5.41, 5.74) is 5.26. The highest BCUT2D eigenvalue weighted by atomic mass is 35.5. The van der Waals surface area contributed by atoms with Crippen LogP contribution in [0.5, 0.6) is 0 Å². The first-order valence-corrected chi connectivity index (χ1v) is 11.0. The summed E-state index contributed by atoms with van der Waals surface area (Å²) >= 11 is 6.45. The lowest BCUT2D eigenvalue weighted by Gasteiger charge is -2.22. The van der Waals surface area contributed by atoms with Crippen molar-refractivity contribution in [2.24, 2.45) is 0 Å². The lowest BCUT2D eigenvalue weighted by atomic mass is 9.99. The molecule has 4 rings (SSSR count). The number of halogens is 1. The molecule has 0 saturated carbocycles. The topological polar surface area (TPSA) is 0 Å². The largest absolute Gasteiger partial charge is 0.114 e. The Balaban J connectivity index is 2.09. The molecule has 22 heavy (non-hydrogen) atoms. The van der Waals surface area contributed by atoms with Crippen LogP contribution < -0.4 is 10.4 Å². The molecule has 2 heteroatoms. The van der Waals surface area contributed by atoms with Crippen LogP contribution in [0.1, 0.15) is 0 Å². The summed E-state index contributed by atoms with van der Waals surface area (Å²) in [5, 5.41) is 3.85. The highest BCUT2D eigenvalue weighted by Crippen LogP contribution is 2.35. The molecule has 0 aliphatic carbocycles. The van der Waals surface area contributed by atoms with Crippen LogP contribution >= 0.6 is 11.6 Å². The predicted molar refractivity (Wildman–Crippen MR) is 99.1 cm³/mol. The number of benzene rings is 3. The molecular weight excluding hydrogens is 304 g/mol. The Morgan fingerprint density at radius 1 is 0.727 bits per heavy atom. The first-order valence-electron chi connectivity index (χ1n) is 7.58. The van der Waals surface area contributed by atoms with E-state index in [1.54, 1.807) is 0 Å². The summed E-state index contributed by atoms with van der Waals surface area (Å²) in [6.07, 6.45) is 0. The standard InChI is InChI=1S/C20H17ClSi/c1-22(2)19-11-7-6-10-16(19)18-13-15(21)12-17(20(18)22)14-8-4-3-5-9-14/h3-13H,1-2H3. The van der Waals surface area contributed by atoms with Gasteiger partial charge in [-0.15, -0.1) is 0 Å². The van der Waals surface area contributed by atoms with E-state index in [1.807, 2.05) is 0 Å². The fourth-order valence-electron chi connectivity index (χ4n) is 3.74. The summed E-state index contributed by atoms with van der Waals surface area (Å²) < 4.78 is 0. The molecule has 0 atom stereocenters. The van der Waals surface area contributed by atoms with Crippen molar-refractivity contribution in [2.75, 3.05) is 0 Å². The number of fused-ring (bicyclic) bond motifs is 3. The predicted octanol–water partition coefficient (Wildman–Crippen LogP) is 4.81. The van der Waals surface area contributed by atoms with Crippen molar-refractivity contribution in [3.8, 4) is 22.3 Å². The second kappa shape index (κ2) is 4.84. The molecule has 108 valence electrons. The van der Waals surface area contributed by atoms with E-state index in [2.05, 4.69) is 79.8 Å². The highest BCUT2D eigenvalue weighted by Gasteiger charge is 2.39. The number of hydrogen-bond acceptors (Lipinski definition) is 0. The molecular formula is C20H17ClSi. The average molecular weight is 321 g/mol. The minimum atomic E-state index is -1.69. The SMILES string of the molecule is C[Si]1(C)c2ccccc2-c2cc(Cl)cc(-c3ccccc3)c21. The molecule has 0 radical (unpaired) electrons. The van der Waals surface area contributed by atoms with E-state index in [-0.39, 0.29) is 0 Å². The zero-order valence-electron chi connectivity index (χ0n) is 12.7. The zero-order valence-corrected chi connectivity index (χ0v) is 14.5. The fourth-order valence-corrected chi connectivity index (χ4v) is 7.40. The van der Waals surface area contributed by atoms with Gasteiger partial charge in [0.1, 0.15) is 8.07 Å². The first kappa shape index (κ1) is 13.8. The summed E-state index contributed by atoms with van der Waals surface area (Å²) in [7, 11) is -1.69. The van der Waals surface area contributed by atoms with Crippen molar-refractivity contribution in [1.82, 2.24) is 0 Å². The average Bonchev–Trinajstić information content (AvgIpc) is 2.76. The van der Waals surface area contributed by atoms with Gasteiger partial charge in [0.15, 0.2) is 0 Å². The molecule has 0 spiro atoms. The third-order valence-electron chi connectivity index (χ3n) is 4.70. The summed E-state index contributed by atoms with van der Waals surface area (Å²) in [6, 6.07) is 23.7. The van der Waals surface area contributed by atoms with Crippen molar-refractivity contribution in [1.29, 1.82) is 0 Å². The van der Waals surface area contributed by atoms with E-state index in [4.69, 9.17) is 11.6 Å². The van der Waals surface area contributed by atoms with E-state index in [9.17, 15) is 0 Å². The number of hydrogen-bond donors (Lipinski definition) is 0. The Hall–Kier alpha value is -1.83. The molecule has 0 unspecified atom stereocenters. The molecule has 0 nitrogen and oxygen atoms in total. The number of rotatable bonds is 1. The van der Waals surface area contributed by atoms with E-state index in [0.717, 1.165) is 5.02 Å². The first-order chi connectivity index (χ1) is 10.6. The highest BCUT2D eigenvalue weighted by molar-refractivity contribution is 7.04. The van der Waals surface area contributed by atoms with E-state index in [0.29, 0.717) is 0 Å². The van der Waals surface area contributed by atoms with Gasteiger partial charge in [0.25, 0.3) is 0 Å². The molecule has 3 aromatic rings. The third kappa shape index (κ3) is 1.89. The molecule has 0 amide bonds. The second-order valence-corrected chi connectivity index (χ2v) is 11.1. The van der Waals surface area contributed by atoms with E-state index in [1.165, 1.54) is 32.6 Å². The van der Waals surface area contributed by atoms with Crippen LogP contribution in [0, 0.1) is 0 Å². The zero-order chi connectivity index (χ0) is 15.3. The Labute approximate surface area is 137 Å². The van der Waals surface area contributed by atoms with Gasteiger partial charge in [-0.3, -0.25) is 0 Å². The van der Waals surface area contributed by atoms with Gasteiger partial charge in [-0.1, -0.05) is 79.3 Å². The van der Waals surface area contributed by atoms with Crippen molar-refractivity contribution < 1.29 is 0 Å². The van der Waals surface area contributed by atoms with Crippen LogP contribution in [0.3, 0.4) is 0 Å². The molecule has 1 heterocycles. The maximum Gasteiger partial charge on any atom is 0.114 e. The van der Waals surface area contributed by atoms with Gasteiger partial charge in [-0.25, -0.2) is 0 Å². The summed E-state index contributed by atoms with van der Waals surface area (Å²) in [5.74, 6) is 0. The Morgan fingerprint density at radius 2 is 1.36 bits per heavy atom. The van der Waals surface area contributed by atoms with Gasteiger partial charge in [-0.05, 0) is 44.8 Å². The smallest absolute Gasteiger partial charge is 0.0843 e. The summed E-state index contributed by atoms with van der Waals surface area (Å²) in [6.45, 7) is 4.88. The van der Waals surface area contributed by atoms with Crippen LogP contribution in [0.4, 0.5) is 0 Å². The van der Waals surface area contributed by atoms with Crippen LogP contribution in [-0.2, 0) is 0 Å². The van der Waals surface area contributed by atoms with Gasteiger partial charge in [0, 0.05) is 5.02 Å². The molecule has 1 aliphatic heterocycles. The molecule has 1 aliphatic rings. The van der Waals surface area contributed by atoms with Gasteiger partial charge in [0.05, 0.1) is 0 Å². The van der Waals surface area contributed by atoms with Crippen molar-refractivity contribution in [3.05, 3.63) is 71.8 Å². The molecule has 0 N–H and O–H groups in total. The summed E-state index contributed by atoms with van der Waals surface area (Å²) in [4.78, 5) is 0. The van der Waals surface area contributed by atoms with E-state index < -0.39 is 8.07 Å².